The van der Waals surface area contributed by atoms with Crippen LogP contribution in [0.1, 0.15) is 61.7 Å². The molecule has 28 heavy (non-hydrogen) atoms. The first kappa shape index (κ1) is 19.0. The van der Waals surface area contributed by atoms with E-state index >= 15 is 0 Å². The molecule has 0 bridgehead atoms. The van der Waals surface area contributed by atoms with Gasteiger partial charge in [0, 0.05) is 31.8 Å². The molecule has 150 valence electrons. The highest BCUT2D eigenvalue weighted by Crippen LogP contribution is 2.39. The van der Waals surface area contributed by atoms with Crippen LogP contribution in [0, 0.1) is 5.92 Å². The van der Waals surface area contributed by atoms with E-state index in [0.717, 1.165) is 68.2 Å². The van der Waals surface area contributed by atoms with Crippen LogP contribution < -0.4 is 4.74 Å². The van der Waals surface area contributed by atoms with Crippen LogP contribution in [-0.2, 0) is 17.6 Å². The SMILES string of the molecule is COc1ccccc1CCC(=O)N1CCC(CCc2noc(C3CC3)n2)CC1. The second-order valence-corrected chi connectivity index (χ2v) is 8.00. The molecular formula is C22H29N3O3. The van der Waals surface area contributed by atoms with E-state index in [1.54, 1.807) is 7.11 Å². The average Bonchev–Trinajstić information content (AvgIpc) is 3.49. The normalized spacial score (nSPS) is 17.7. The number of para-hydroxylation sites is 1. The topological polar surface area (TPSA) is 68.5 Å². The van der Waals surface area contributed by atoms with Gasteiger partial charge in [0.25, 0.3) is 0 Å². The lowest BCUT2D eigenvalue weighted by Crippen LogP contribution is -2.38. The van der Waals surface area contributed by atoms with E-state index in [0.29, 0.717) is 18.3 Å². The van der Waals surface area contributed by atoms with Crippen molar-refractivity contribution in [2.24, 2.45) is 5.92 Å². The fourth-order valence-electron chi connectivity index (χ4n) is 3.98. The first-order valence-corrected chi connectivity index (χ1v) is 10.4. The Balaban J connectivity index is 1.18. The summed E-state index contributed by atoms with van der Waals surface area (Å²) in [5, 5.41) is 4.11. The highest BCUT2D eigenvalue weighted by Gasteiger charge is 2.30. The van der Waals surface area contributed by atoms with Gasteiger partial charge >= 0.3 is 0 Å². The predicted octanol–water partition coefficient (Wildman–Crippen LogP) is 3.76. The zero-order chi connectivity index (χ0) is 19.3. The first-order chi connectivity index (χ1) is 13.7. The molecule has 0 radical (unpaired) electrons. The van der Waals surface area contributed by atoms with Gasteiger partial charge in [0.05, 0.1) is 7.11 Å². The van der Waals surface area contributed by atoms with E-state index < -0.39 is 0 Å². The van der Waals surface area contributed by atoms with E-state index in [1.165, 1.54) is 12.8 Å². The maximum Gasteiger partial charge on any atom is 0.229 e. The molecule has 4 rings (SSSR count). The minimum Gasteiger partial charge on any atom is -0.496 e. The van der Waals surface area contributed by atoms with E-state index in [1.807, 2.05) is 29.2 Å². The molecule has 6 heteroatoms. The van der Waals surface area contributed by atoms with Crippen molar-refractivity contribution in [2.75, 3.05) is 20.2 Å². The molecule has 1 aromatic heterocycles. The second-order valence-electron chi connectivity index (χ2n) is 8.00. The van der Waals surface area contributed by atoms with Crippen LogP contribution in [0.5, 0.6) is 5.75 Å². The largest absolute Gasteiger partial charge is 0.496 e. The quantitative estimate of drug-likeness (QED) is 0.694. The lowest BCUT2D eigenvalue weighted by atomic mass is 9.92. The number of carbonyl (C=O) groups excluding carboxylic acids is 1. The maximum absolute atomic E-state index is 12.6. The van der Waals surface area contributed by atoms with Gasteiger partial charge in [-0.05, 0) is 56.1 Å². The number of benzene rings is 1. The smallest absolute Gasteiger partial charge is 0.229 e. The van der Waals surface area contributed by atoms with Crippen LogP contribution in [0.25, 0.3) is 0 Å². The number of hydrogen-bond acceptors (Lipinski definition) is 5. The Bertz CT molecular complexity index is 792. The van der Waals surface area contributed by atoms with Crippen LogP contribution in [-0.4, -0.2) is 41.1 Å². The van der Waals surface area contributed by atoms with Crippen molar-refractivity contribution >= 4 is 5.91 Å². The summed E-state index contributed by atoms with van der Waals surface area (Å²) >= 11 is 0. The Morgan fingerprint density at radius 2 is 1.96 bits per heavy atom. The van der Waals surface area contributed by atoms with Gasteiger partial charge in [-0.3, -0.25) is 4.79 Å². The Morgan fingerprint density at radius 3 is 2.71 bits per heavy atom. The van der Waals surface area contributed by atoms with Gasteiger partial charge in [0.1, 0.15) is 5.75 Å². The molecule has 0 atom stereocenters. The van der Waals surface area contributed by atoms with E-state index in [9.17, 15) is 4.79 Å². The average molecular weight is 383 g/mol. The van der Waals surface area contributed by atoms with Crippen molar-refractivity contribution < 1.29 is 14.1 Å². The number of hydrogen-bond donors (Lipinski definition) is 0. The lowest BCUT2D eigenvalue weighted by Gasteiger charge is -2.32. The summed E-state index contributed by atoms with van der Waals surface area (Å²) in [6.07, 6.45) is 7.72. The fraction of sp³-hybridized carbons (Fsp3) is 0.591. The molecule has 0 unspecified atom stereocenters. The lowest BCUT2D eigenvalue weighted by molar-refractivity contribution is -0.132. The van der Waals surface area contributed by atoms with Crippen molar-refractivity contribution in [2.45, 2.75) is 57.3 Å². The number of amides is 1. The summed E-state index contributed by atoms with van der Waals surface area (Å²) in [7, 11) is 1.67. The number of methoxy groups -OCH3 is 1. The summed E-state index contributed by atoms with van der Waals surface area (Å²) in [6, 6.07) is 7.93. The molecule has 1 saturated heterocycles. The van der Waals surface area contributed by atoms with Crippen molar-refractivity contribution in [3.8, 4) is 5.75 Å². The van der Waals surface area contributed by atoms with Gasteiger partial charge in [0.15, 0.2) is 5.82 Å². The van der Waals surface area contributed by atoms with Crippen LogP contribution in [0.2, 0.25) is 0 Å². The van der Waals surface area contributed by atoms with Crippen molar-refractivity contribution in [1.82, 2.24) is 15.0 Å². The van der Waals surface area contributed by atoms with Gasteiger partial charge < -0.3 is 14.2 Å². The van der Waals surface area contributed by atoms with Crippen LogP contribution in [0.4, 0.5) is 0 Å². The Labute approximate surface area is 166 Å². The molecule has 2 fully saturated rings. The molecule has 1 aliphatic carbocycles. The number of likely N-dealkylation sites (tertiary alicyclic amines) is 1. The van der Waals surface area contributed by atoms with Gasteiger partial charge in [-0.25, -0.2) is 0 Å². The highest BCUT2D eigenvalue weighted by molar-refractivity contribution is 5.76. The minimum atomic E-state index is 0.247. The number of aryl methyl sites for hydroxylation is 2. The number of carbonyl (C=O) groups is 1. The number of ether oxygens (including phenoxy) is 1. The van der Waals surface area contributed by atoms with E-state index in [4.69, 9.17) is 9.26 Å². The highest BCUT2D eigenvalue weighted by atomic mass is 16.5. The van der Waals surface area contributed by atoms with Crippen molar-refractivity contribution in [1.29, 1.82) is 0 Å². The second kappa shape index (κ2) is 8.76. The molecule has 1 aliphatic heterocycles. The number of piperidine rings is 1. The molecule has 0 N–H and O–H groups in total. The summed E-state index contributed by atoms with van der Waals surface area (Å²) in [6.45, 7) is 1.71. The van der Waals surface area contributed by atoms with Crippen LogP contribution in [0.15, 0.2) is 28.8 Å². The zero-order valence-electron chi connectivity index (χ0n) is 16.6. The van der Waals surface area contributed by atoms with Crippen molar-refractivity contribution in [3.05, 3.63) is 41.5 Å². The van der Waals surface area contributed by atoms with Gasteiger partial charge in [-0.15, -0.1) is 0 Å². The molecule has 1 amide bonds. The molecular weight excluding hydrogens is 354 g/mol. The van der Waals surface area contributed by atoms with Gasteiger partial charge in [-0.2, -0.15) is 4.98 Å². The number of aromatic nitrogens is 2. The number of nitrogens with zero attached hydrogens (tertiary/aromatic N) is 3. The minimum absolute atomic E-state index is 0.247. The summed E-state index contributed by atoms with van der Waals surface area (Å²) in [5.41, 5.74) is 1.10. The van der Waals surface area contributed by atoms with Gasteiger partial charge in [-0.1, -0.05) is 23.4 Å². The Kier molecular flexibility index (Phi) is 5.93. The monoisotopic (exact) mass is 383 g/mol. The number of rotatable bonds is 8. The Hall–Kier alpha value is -2.37. The molecule has 1 aromatic carbocycles. The molecule has 2 aliphatic rings. The summed E-state index contributed by atoms with van der Waals surface area (Å²) < 4.78 is 10.7. The van der Waals surface area contributed by atoms with Crippen LogP contribution >= 0.6 is 0 Å². The molecule has 2 heterocycles. The molecule has 0 spiro atoms. The fourth-order valence-corrected chi connectivity index (χ4v) is 3.98. The zero-order valence-corrected chi connectivity index (χ0v) is 16.6. The Morgan fingerprint density at radius 1 is 1.18 bits per heavy atom. The van der Waals surface area contributed by atoms with Gasteiger partial charge in [0.2, 0.25) is 11.8 Å². The van der Waals surface area contributed by atoms with E-state index in [-0.39, 0.29) is 5.91 Å². The summed E-state index contributed by atoms with van der Waals surface area (Å²) in [5.74, 6) is 3.94. The molecule has 6 nitrogen and oxygen atoms in total. The molecule has 1 saturated carbocycles. The predicted molar refractivity (Wildman–Crippen MR) is 105 cm³/mol. The third-order valence-corrected chi connectivity index (χ3v) is 5.95. The van der Waals surface area contributed by atoms with Crippen LogP contribution in [0.3, 0.4) is 0 Å². The standard InChI is InChI=1S/C22H29N3O3/c1-27-19-5-3-2-4-17(19)9-11-21(26)25-14-12-16(13-15-25)6-10-20-23-22(28-24-20)18-7-8-18/h2-5,16,18H,6-15H2,1H3. The maximum atomic E-state index is 12.6. The third kappa shape index (κ3) is 4.72. The van der Waals surface area contributed by atoms with E-state index in [2.05, 4.69) is 10.1 Å². The third-order valence-electron chi connectivity index (χ3n) is 5.95. The molecule has 2 aromatic rings. The summed E-state index contributed by atoms with van der Waals surface area (Å²) in [4.78, 5) is 19.1. The first-order valence-electron chi connectivity index (χ1n) is 10.4. The van der Waals surface area contributed by atoms with Crippen molar-refractivity contribution in [3.63, 3.8) is 0 Å².